The number of rotatable bonds is 8. The van der Waals surface area contributed by atoms with E-state index < -0.39 is 0 Å². The highest BCUT2D eigenvalue weighted by atomic mass is 16.5. The third-order valence-electron chi connectivity index (χ3n) is 6.14. The summed E-state index contributed by atoms with van der Waals surface area (Å²) in [7, 11) is 0. The first-order valence-electron chi connectivity index (χ1n) is 12.2. The maximum atomic E-state index is 13.0. The standard InChI is InChI=1S/C30H27N3O4/c1-2-36-28-18-24(11-14-27(28)37-20-21-6-5-16-31-19-21)29(34)32-25-12-9-23(10-13-25)30(35)33-17-15-22-7-3-4-8-26(22)33/h3-14,16,18-19H,2,15,17,20H2,1H3,(H,32,34). The van der Waals surface area contributed by atoms with Crippen LogP contribution in [0.4, 0.5) is 11.4 Å². The van der Waals surface area contributed by atoms with Crippen LogP contribution in [0.2, 0.25) is 0 Å². The number of anilines is 2. The fraction of sp³-hybridized carbons (Fsp3) is 0.167. The molecule has 37 heavy (non-hydrogen) atoms. The summed E-state index contributed by atoms with van der Waals surface area (Å²) >= 11 is 0. The summed E-state index contributed by atoms with van der Waals surface area (Å²) < 4.78 is 11.6. The molecule has 7 heteroatoms. The van der Waals surface area contributed by atoms with Crippen molar-refractivity contribution in [2.45, 2.75) is 20.0 Å². The fourth-order valence-corrected chi connectivity index (χ4v) is 4.29. The van der Waals surface area contributed by atoms with Crippen LogP contribution in [0.1, 0.15) is 38.8 Å². The Labute approximate surface area is 215 Å². The third-order valence-corrected chi connectivity index (χ3v) is 6.14. The first-order chi connectivity index (χ1) is 18.1. The molecule has 5 rings (SSSR count). The number of para-hydroxylation sites is 1. The molecule has 0 unspecified atom stereocenters. The average molecular weight is 494 g/mol. The first kappa shape index (κ1) is 24.1. The first-order valence-corrected chi connectivity index (χ1v) is 12.2. The molecule has 7 nitrogen and oxygen atoms in total. The molecule has 1 N–H and O–H groups in total. The van der Waals surface area contributed by atoms with Crippen molar-refractivity contribution in [3.05, 3.63) is 114 Å². The van der Waals surface area contributed by atoms with Gasteiger partial charge in [-0.1, -0.05) is 24.3 Å². The van der Waals surface area contributed by atoms with E-state index in [-0.39, 0.29) is 11.8 Å². The monoisotopic (exact) mass is 493 g/mol. The molecule has 1 aromatic heterocycles. The molecule has 2 amide bonds. The molecule has 0 bridgehead atoms. The molecule has 0 radical (unpaired) electrons. The molecule has 0 spiro atoms. The maximum absolute atomic E-state index is 13.0. The second-order valence-corrected chi connectivity index (χ2v) is 8.61. The summed E-state index contributed by atoms with van der Waals surface area (Å²) in [6, 6.07) is 23.8. The second kappa shape index (κ2) is 11.0. The number of ether oxygens (including phenoxy) is 2. The Morgan fingerprint density at radius 1 is 0.919 bits per heavy atom. The average Bonchev–Trinajstić information content (AvgIpc) is 3.37. The van der Waals surface area contributed by atoms with E-state index in [4.69, 9.17) is 9.47 Å². The van der Waals surface area contributed by atoms with Crippen molar-refractivity contribution in [1.29, 1.82) is 0 Å². The lowest BCUT2D eigenvalue weighted by Crippen LogP contribution is -2.28. The van der Waals surface area contributed by atoms with Gasteiger partial charge < -0.3 is 19.7 Å². The topological polar surface area (TPSA) is 80.8 Å². The van der Waals surface area contributed by atoms with E-state index in [9.17, 15) is 9.59 Å². The van der Waals surface area contributed by atoms with Crippen molar-refractivity contribution < 1.29 is 19.1 Å². The molecule has 0 fully saturated rings. The number of fused-ring (bicyclic) bond motifs is 1. The van der Waals surface area contributed by atoms with Crippen LogP contribution >= 0.6 is 0 Å². The molecule has 4 aromatic rings. The van der Waals surface area contributed by atoms with Gasteiger partial charge in [-0.3, -0.25) is 14.6 Å². The Morgan fingerprint density at radius 3 is 2.51 bits per heavy atom. The molecule has 0 atom stereocenters. The Morgan fingerprint density at radius 2 is 1.73 bits per heavy atom. The van der Waals surface area contributed by atoms with E-state index >= 15 is 0 Å². The Bertz CT molecular complexity index is 1400. The normalized spacial score (nSPS) is 12.1. The zero-order valence-corrected chi connectivity index (χ0v) is 20.5. The number of hydrogen-bond donors (Lipinski definition) is 1. The lowest BCUT2D eigenvalue weighted by molar-refractivity contribution is 0.0988. The van der Waals surface area contributed by atoms with Gasteiger partial charge >= 0.3 is 0 Å². The van der Waals surface area contributed by atoms with Crippen LogP contribution in [0.5, 0.6) is 11.5 Å². The Balaban J connectivity index is 1.25. The van der Waals surface area contributed by atoms with Gasteiger partial charge in [0.2, 0.25) is 0 Å². The Hall–Kier alpha value is -4.65. The lowest BCUT2D eigenvalue weighted by Gasteiger charge is -2.17. The van der Waals surface area contributed by atoms with Gasteiger partial charge in [0.05, 0.1) is 6.61 Å². The molecular formula is C30H27N3O4. The van der Waals surface area contributed by atoms with Gasteiger partial charge in [0.15, 0.2) is 11.5 Å². The quantitative estimate of drug-likeness (QED) is 0.350. The fourth-order valence-electron chi connectivity index (χ4n) is 4.29. The van der Waals surface area contributed by atoms with Gasteiger partial charge in [-0.15, -0.1) is 0 Å². The van der Waals surface area contributed by atoms with E-state index in [1.807, 2.05) is 37.3 Å². The summed E-state index contributed by atoms with van der Waals surface area (Å²) in [4.78, 5) is 31.9. The summed E-state index contributed by atoms with van der Waals surface area (Å²) in [5.74, 6) is 0.706. The van der Waals surface area contributed by atoms with E-state index in [0.717, 1.165) is 17.7 Å². The van der Waals surface area contributed by atoms with Gasteiger partial charge in [-0.2, -0.15) is 0 Å². The molecule has 3 aromatic carbocycles. The van der Waals surface area contributed by atoms with Crippen molar-refractivity contribution in [2.24, 2.45) is 0 Å². The van der Waals surface area contributed by atoms with E-state index in [1.54, 1.807) is 59.8 Å². The second-order valence-electron chi connectivity index (χ2n) is 8.61. The molecule has 1 aliphatic rings. The summed E-state index contributed by atoms with van der Waals surface area (Å²) in [5, 5.41) is 2.89. The van der Waals surface area contributed by atoms with Gasteiger partial charge in [0, 0.05) is 47.0 Å². The van der Waals surface area contributed by atoms with Crippen LogP contribution in [-0.2, 0) is 13.0 Å². The number of carbonyl (C=O) groups is 2. The Kier molecular flexibility index (Phi) is 7.12. The number of pyridine rings is 1. The minimum absolute atomic E-state index is 0.0499. The van der Waals surface area contributed by atoms with Crippen molar-refractivity contribution in [3.8, 4) is 11.5 Å². The summed E-state index contributed by atoms with van der Waals surface area (Å²) in [5.41, 5.74) is 4.68. The predicted molar refractivity (Wildman–Crippen MR) is 142 cm³/mol. The SMILES string of the molecule is CCOc1cc(C(=O)Nc2ccc(C(=O)N3CCc4ccccc43)cc2)ccc1OCc1cccnc1. The smallest absolute Gasteiger partial charge is 0.258 e. The minimum Gasteiger partial charge on any atom is -0.490 e. The number of nitrogens with zero attached hydrogens (tertiary/aromatic N) is 2. The van der Waals surface area contributed by atoms with Crippen LogP contribution < -0.4 is 19.7 Å². The zero-order valence-electron chi connectivity index (χ0n) is 20.5. The minimum atomic E-state index is -0.285. The maximum Gasteiger partial charge on any atom is 0.258 e. The molecule has 0 saturated heterocycles. The molecule has 0 aliphatic carbocycles. The zero-order chi connectivity index (χ0) is 25.6. The highest BCUT2D eigenvalue weighted by Gasteiger charge is 2.25. The lowest BCUT2D eigenvalue weighted by atomic mass is 10.1. The number of benzene rings is 3. The van der Waals surface area contributed by atoms with Crippen LogP contribution in [0.15, 0.2) is 91.3 Å². The molecule has 2 heterocycles. The van der Waals surface area contributed by atoms with E-state index in [2.05, 4.69) is 16.4 Å². The van der Waals surface area contributed by atoms with Crippen LogP contribution in [-0.4, -0.2) is 29.9 Å². The number of hydrogen-bond acceptors (Lipinski definition) is 5. The van der Waals surface area contributed by atoms with Crippen LogP contribution in [0, 0.1) is 0 Å². The number of amides is 2. The summed E-state index contributed by atoms with van der Waals surface area (Å²) in [6.07, 6.45) is 4.30. The van der Waals surface area contributed by atoms with E-state index in [1.165, 1.54) is 5.56 Å². The summed E-state index contributed by atoms with van der Waals surface area (Å²) in [6.45, 7) is 3.32. The number of carbonyl (C=O) groups excluding carboxylic acids is 2. The van der Waals surface area contributed by atoms with Crippen molar-refractivity contribution in [3.63, 3.8) is 0 Å². The number of nitrogens with one attached hydrogen (secondary N) is 1. The molecule has 1 aliphatic heterocycles. The molecule has 186 valence electrons. The van der Waals surface area contributed by atoms with Crippen molar-refractivity contribution in [2.75, 3.05) is 23.4 Å². The van der Waals surface area contributed by atoms with Crippen molar-refractivity contribution in [1.82, 2.24) is 4.98 Å². The van der Waals surface area contributed by atoms with Gasteiger partial charge in [0.1, 0.15) is 6.61 Å². The van der Waals surface area contributed by atoms with Gasteiger partial charge in [-0.25, -0.2) is 0 Å². The van der Waals surface area contributed by atoms with Crippen LogP contribution in [0.3, 0.4) is 0 Å². The highest BCUT2D eigenvalue weighted by Crippen LogP contribution is 2.31. The predicted octanol–water partition coefficient (Wildman–Crippen LogP) is 5.51. The van der Waals surface area contributed by atoms with Crippen molar-refractivity contribution >= 4 is 23.2 Å². The van der Waals surface area contributed by atoms with Gasteiger partial charge in [-0.05, 0) is 73.5 Å². The van der Waals surface area contributed by atoms with E-state index in [0.29, 0.717) is 48.1 Å². The van der Waals surface area contributed by atoms with Gasteiger partial charge in [0.25, 0.3) is 11.8 Å². The third kappa shape index (κ3) is 5.46. The largest absolute Gasteiger partial charge is 0.490 e. The highest BCUT2D eigenvalue weighted by molar-refractivity contribution is 6.08. The van der Waals surface area contributed by atoms with Crippen LogP contribution in [0.25, 0.3) is 0 Å². The molecule has 0 saturated carbocycles. The molecular weight excluding hydrogens is 466 g/mol. The number of aromatic nitrogens is 1.